The van der Waals surface area contributed by atoms with Gasteiger partial charge in [-0.2, -0.15) is 0 Å². The predicted octanol–water partition coefficient (Wildman–Crippen LogP) is 2.19. The largest absolute Gasteiger partial charge is 0.452 e. The second-order valence-corrected chi connectivity index (χ2v) is 4.85. The highest BCUT2D eigenvalue weighted by molar-refractivity contribution is 5.96. The minimum atomic E-state index is -0.688. The molecule has 118 valence electrons. The van der Waals surface area contributed by atoms with E-state index in [9.17, 15) is 9.59 Å². The minimum Gasteiger partial charge on any atom is -0.452 e. The van der Waals surface area contributed by atoms with Gasteiger partial charge in [0.15, 0.2) is 6.61 Å². The summed E-state index contributed by atoms with van der Waals surface area (Å²) in [5, 5.41) is 5.65. The number of terminal acetylenes is 1. The molecule has 1 aromatic rings. The van der Waals surface area contributed by atoms with Crippen LogP contribution in [0.1, 0.15) is 37.0 Å². The lowest BCUT2D eigenvalue weighted by Gasteiger charge is -2.26. The monoisotopic (exact) mass is 302 g/mol. The first-order valence-corrected chi connectivity index (χ1v) is 7.24. The van der Waals surface area contributed by atoms with Crippen LogP contribution in [-0.2, 0) is 9.53 Å². The highest BCUT2D eigenvalue weighted by atomic mass is 16.5. The average molecular weight is 302 g/mol. The molecule has 0 saturated carbocycles. The summed E-state index contributed by atoms with van der Waals surface area (Å²) in [6.07, 6.45) is 6.71. The van der Waals surface area contributed by atoms with Crippen molar-refractivity contribution >= 4 is 17.6 Å². The minimum absolute atomic E-state index is 0.361. The highest BCUT2D eigenvalue weighted by Crippen LogP contribution is 2.16. The zero-order valence-electron chi connectivity index (χ0n) is 13.2. The molecule has 0 aliphatic rings. The van der Waals surface area contributed by atoms with E-state index < -0.39 is 17.4 Å². The number of benzene rings is 1. The number of nitrogens with one attached hydrogen (secondary N) is 2. The van der Waals surface area contributed by atoms with Crippen LogP contribution in [0.5, 0.6) is 0 Å². The molecule has 0 aromatic heterocycles. The second kappa shape index (κ2) is 8.08. The van der Waals surface area contributed by atoms with Crippen molar-refractivity contribution in [2.75, 3.05) is 19.0 Å². The lowest BCUT2D eigenvalue weighted by molar-refractivity contribution is -0.125. The van der Waals surface area contributed by atoms with Crippen molar-refractivity contribution in [2.24, 2.45) is 0 Å². The molecule has 0 atom stereocenters. The topological polar surface area (TPSA) is 67.4 Å². The van der Waals surface area contributed by atoms with Crippen molar-refractivity contribution in [3.63, 3.8) is 0 Å². The number of hydrogen-bond donors (Lipinski definition) is 2. The molecular formula is C17H22N2O3. The Labute approximate surface area is 131 Å². The third-order valence-electron chi connectivity index (χ3n) is 3.61. The van der Waals surface area contributed by atoms with Crippen LogP contribution in [0, 0.1) is 12.3 Å². The van der Waals surface area contributed by atoms with Gasteiger partial charge in [-0.1, -0.05) is 31.9 Å². The van der Waals surface area contributed by atoms with Crippen LogP contribution in [0.25, 0.3) is 0 Å². The maximum absolute atomic E-state index is 12.0. The Morgan fingerprint density at radius 2 is 1.91 bits per heavy atom. The molecule has 2 N–H and O–H groups in total. The molecule has 22 heavy (non-hydrogen) atoms. The summed E-state index contributed by atoms with van der Waals surface area (Å²) in [6, 6.07) is 6.93. The lowest BCUT2D eigenvalue weighted by atomic mass is 9.94. The van der Waals surface area contributed by atoms with Gasteiger partial charge in [0.2, 0.25) is 0 Å². The molecular weight excluding hydrogens is 280 g/mol. The van der Waals surface area contributed by atoms with Crippen LogP contribution < -0.4 is 10.6 Å². The first kappa shape index (κ1) is 17.6. The van der Waals surface area contributed by atoms with Crippen LogP contribution in [-0.4, -0.2) is 31.1 Å². The predicted molar refractivity (Wildman–Crippen MR) is 86.6 cm³/mol. The fourth-order valence-electron chi connectivity index (χ4n) is 2.06. The van der Waals surface area contributed by atoms with Gasteiger partial charge in [0.1, 0.15) is 5.54 Å². The third-order valence-corrected chi connectivity index (χ3v) is 3.61. The van der Waals surface area contributed by atoms with Gasteiger partial charge in [0.25, 0.3) is 5.91 Å². The molecule has 0 saturated heterocycles. The summed E-state index contributed by atoms with van der Waals surface area (Å²) in [5.74, 6) is 1.64. The van der Waals surface area contributed by atoms with Gasteiger partial charge in [0, 0.05) is 12.7 Å². The Morgan fingerprint density at radius 1 is 1.27 bits per heavy atom. The lowest BCUT2D eigenvalue weighted by Crippen LogP contribution is -2.48. The van der Waals surface area contributed by atoms with Crippen molar-refractivity contribution in [1.82, 2.24) is 5.32 Å². The molecule has 0 bridgehead atoms. The Balaban J connectivity index is 2.65. The summed E-state index contributed by atoms with van der Waals surface area (Å²) in [6.45, 7) is 3.44. The molecule has 0 fully saturated rings. The molecule has 0 aliphatic carbocycles. The molecule has 1 aromatic carbocycles. The SMILES string of the molecule is C#CC(CC)(CC)NC(=O)COC(=O)c1ccccc1NC. The van der Waals surface area contributed by atoms with Gasteiger partial charge >= 0.3 is 5.97 Å². The normalized spacial score (nSPS) is 10.5. The van der Waals surface area contributed by atoms with E-state index in [0.717, 1.165) is 0 Å². The van der Waals surface area contributed by atoms with E-state index in [-0.39, 0.29) is 6.61 Å². The number of carbonyl (C=O) groups is 2. The summed E-state index contributed by atoms with van der Waals surface area (Å²) in [4.78, 5) is 23.9. The number of rotatable bonds is 7. The van der Waals surface area contributed by atoms with E-state index in [2.05, 4.69) is 16.6 Å². The quantitative estimate of drug-likeness (QED) is 0.598. The van der Waals surface area contributed by atoms with Crippen LogP contribution in [0.4, 0.5) is 5.69 Å². The molecule has 0 spiro atoms. The van der Waals surface area contributed by atoms with E-state index in [1.165, 1.54) is 0 Å². The smallest absolute Gasteiger partial charge is 0.340 e. The Hall–Kier alpha value is -2.48. The van der Waals surface area contributed by atoms with Crippen LogP contribution >= 0.6 is 0 Å². The van der Waals surface area contributed by atoms with E-state index in [0.29, 0.717) is 24.1 Å². The average Bonchev–Trinajstić information content (AvgIpc) is 2.57. The maximum Gasteiger partial charge on any atom is 0.340 e. The van der Waals surface area contributed by atoms with Crippen LogP contribution in [0.15, 0.2) is 24.3 Å². The fourth-order valence-corrected chi connectivity index (χ4v) is 2.06. The van der Waals surface area contributed by atoms with E-state index in [1.54, 1.807) is 31.3 Å². The Bertz CT molecular complexity index is 572. The number of ether oxygens (including phenoxy) is 1. The Morgan fingerprint density at radius 3 is 2.45 bits per heavy atom. The van der Waals surface area contributed by atoms with Crippen molar-refractivity contribution in [2.45, 2.75) is 32.2 Å². The molecule has 0 radical (unpaired) electrons. The van der Waals surface area contributed by atoms with Gasteiger partial charge in [-0.25, -0.2) is 4.79 Å². The fraction of sp³-hybridized carbons (Fsp3) is 0.412. The number of para-hydroxylation sites is 1. The summed E-state index contributed by atoms with van der Waals surface area (Å²) < 4.78 is 5.05. The van der Waals surface area contributed by atoms with Crippen molar-refractivity contribution < 1.29 is 14.3 Å². The van der Waals surface area contributed by atoms with E-state index in [4.69, 9.17) is 11.2 Å². The third kappa shape index (κ3) is 4.26. The Kier molecular flexibility index (Phi) is 6.46. The molecule has 5 heteroatoms. The van der Waals surface area contributed by atoms with Crippen molar-refractivity contribution in [3.8, 4) is 12.3 Å². The van der Waals surface area contributed by atoms with Gasteiger partial charge in [-0.3, -0.25) is 4.79 Å². The first-order valence-electron chi connectivity index (χ1n) is 7.24. The standard InChI is InChI=1S/C17H22N2O3/c1-5-17(6-2,7-3)19-15(20)12-22-16(21)13-10-8-9-11-14(13)18-4/h1,8-11,18H,6-7,12H2,2-4H3,(H,19,20). The van der Waals surface area contributed by atoms with Gasteiger partial charge < -0.3 is 15.4 Å². The van der Waals surface area contributed by atoms with Gasteiger partial charge in [0.05, 0.1) is 5.56 Å². The molecule has 1 amide bonds. The van der Waals surface area contributed by atoms with E-state index in [1.807, 2.05) is 13.8 Å². The van der Waals surface area contributed by atoms with Gasteiger partial charge in [-0.15, -0.1) is 6.42 Å². The summed E-state index contributed by atoms with van der Waals surface area (Å²) >= 11 is 0. The van der Waals surface area contributed by atoms with Crippen molar-refractivity contribution in [1.29, 1.82) is 0 Å². The molecule has 0 aliphatic heterocycles. The van der Waals surface area contributed by atoms with Crippen molar-refractivity contribution in [3.05, 3.63) is 29.8 Å². The molecule has 0 heterocycles. The number of hydrogen-bond acceptors (Lipinski definition) is 4. The van der Waals surface area contributed by atoms with E-state index >= 15 is 0 Å². The number of esters is 1. The number of amides is 1. The maximum atomic E-state index is 12.0. The second-order valence-electron chi connectivity index (χ2n) is 4.85. The number of carbonyl (C=O) groups excluding carboxylic acids is 2. The summed E-state index contributed by atoms with van der Waals surface area (Å²) in [5.41, 5.74) is 0.340. The highest BCUT2D eigenvalue weighted by Gasteiger charge is 2.25. The number of anilines is 1. The summed E-state index contributed by atoms with van der Waals surface area (Å²) in [7, 11) is 1.71. The van der Waals surface area contributed by atoms with Crippen LogP contribution in [0.3, 0.4) is 0 Å². The molecule has 0 unspecified atom stereocenters. The van der Waals surface area contributed by atoms with Crippen LogP contribution in [0.2, 0.25) is 0 Å². The molecule has 1 rings (SSSR count). The first-order chi connectivity index (χ1) is 10.5. The zero-order chi connectivity index (χ0) is 16.6. The van der Waals surface area contributed by atoms with Gasteiger partial charge in [-0.05, 0) is 25.0 Å². The molecule has 5 nitrogen and oxygen atoms in total. The zero-order valence-corrected chi connectivity index (χ0v) is 13.2.